The molecule has 142 valence electrons. The van der Waals surface area contributed by atoms with Gasteiger partial charge in [-0.3, -0.25) is 0 Å². The number of hydrogen-bond donors (Lipinski definition) is 2. The second kappa shape index (κ2) is 7.96. The van der Waals surface area contributed by atoms with E-state index in [1.807, 2.05) is 12.1 Å². The van der Waals surface area contributed by atoms with Gasteiger partial charge in [-0.05, 0) is 56.2 Å². The molecule has 0 saturated carbocycles. The number of nitrogens with zero attached hydrogens (tertiary/aromatic N) is 3. The Kier molecular flexibility index (Phi) is 5.65. The summed E-state index contributed by atoms with van der Waals surface area (Å²) in [6.07, 6.45) is 1.76. The second-order valence-corrected chi connectivity index (χ2v) is 7.54. The summed E-state index contributed by atoms with van der Waals surface area (Å²) in [5.41, 5.74) is 2.33. The van der Waals surface area contributed by atoms with E-state index in [1.165, 1.54) is 0 Å². The second-order valence-electron chi connectivity index (χ2n) is 7.11. The molecule has 2 heterocycles. The standard InChI is InChI=1S/C20H24ClN5O/c1-12(2)17(25-20(27)23-15-9-7-14(21)8-10-15)19-24-16-6-5-11-22-18(16)26(19)13(3)4/h5-13,17H,1-4H3,(H2,23,25,27)/t17-/m0/s1. The zero-order valence-electron chi connectivity index (χ0n) is 15.9. The number of carbonyl (C=O) groups is 1. The van der Waals surface area contributed by atoms with Crippen molar-refractivity contribution in [2.45, 2.75) is 39.8 Å². The van der Waals surface area contributed by atoms with Gasteiger partial charge in [0.15, 0.2) is 5.65 Å². The largest absolute Gasteiger partial charge is 0.328 e. The Hall–Kier alpha value is -2.60. The highest BCUT2D eigenvalue weighted by Crippen LogP contribution is 2.28. The number of rotatable bonds is 5. The minimum Gasteiger partial charge on any atom is -0.328 e. The van der Waals surface area contributed by atoms with E-state index < -0.39 is 0 Å². The lowest BCUT2D eigenvalue weighted by atomic mass is 10.0. The van der Waals surface area contributed by atoms with Crippen molar-refractivity contribution in [3.63, 3.8) is 0 Å². The van der Waals surface area contributed by atoms with Crippen molar-refractivity contribution >= 4 is 34.5 Å². The van der Waals surface area contributed by atoms with Gasteiger partial charge in [-0.25, -0.2) is 14.8 Å². The van der Waals surface area contributed by atoms with Crippen LogP contribution in [0.15, 0.2) is 42.6 Å². The molecule has 0 fully saturated rings. The molecule has 0 unspecified atom stereocenters. The molecular formula is C20H24ClN5O. The molecule has 7 heteroatoms. The summed E-state index contributed by atoms with van der Waals surface area (Å²) in [4.78, 5) is 21.8. The molecule has 0 aliphatic heterocycles. The molecule has 0 aliphatic carbocycles. The number of fused-ring (bicyclic) bond motifs is 1. The molecule has 0 bridgehead atoms. The molecular weight excluding hydrogens is 362 g/mol. The minimum absolute atomic E-state index is 0.148. The summed E-state index contributed by atoms with van der Waals surface area (Å²) in [6.45, 7) is 8.30. The lowest BCUT2D eigenvalue weighted by molar-refractivity contribution is 0.243. The average molecular weight is 386 g/mol. The summed E-state index contributed by atoms with van der Waals surface area (Å²) in [5, 5.41) is 6.53. The van der Waals surface area contributed by atoms with Crippen LogP contribution in [0.5, 0.6) is 0 Å². The molecule has 3 aromatic rings. The van der Waals surface area contributed by atoms with Crippen LogP contribution < -0.4 is 10.6 Å². The van der Waals surface area contributed by atoms with Crippen LogP contribution in [0.3, 0.4) is 0 Å². The van der Waals surface area contributed by atoms with Crippen LogP contribution in [0.25, 0.3) is 11.2 Å². The Labute approximate surface area is 164 Å². The quantitative estimate of drug-likeness (QED) is 0.635. The summed E-state index contributed by atoms with van der Waals surface area (Å²) >= 11 is 5.89. The molecule has 1 atom stereocenters. The Bertz CT molecular complexity index is 933. The van der Waals surface area contributed by atoms with Crippen molar-refractivity contribution in [3.8, 4) is 0 Å². The first-order valence-electron chi connectivity index (χ1n) is 9.02. The first-order valence-corrected chi connectivity index (χ1v) is 9.40. The van der Waals surface area contributed by atoms with Crippen molar-refractivity contribution in [1.29, 1.82) is 0 Å². The number of imidazole rings is 1. The normalized spacial score (nSPS) is 12.6. The Morgan fingerprint density at radius 1 is 1.11 bits per heavy atom. The van der Waals surface area contributed by atoms with E-state index in [2.05, 4.69) is 47.9 Å². The Morgan fingerprint density at radius 3 is 2.44 bits per heavy atom. The first-order chi connectivity index (χ1) is 12.9. The van der Waals surface area contributed by atoms with Gasteiger partial charge in [0.2, 0.25) is 0 Å². The molecule has 0 radical (unpaired) electrons. The number of halogens is 1. The van der Waals surface area contributed by atoms with Gasteiger partial charge in [-0.15, -0.1) is 0 Å². The van der Waals surface area contributed by atoms with Gasteiger partial charge in [0.1, 0.15) is 11.3 Å². The molecule has 0 aliphatic rings. The van der Waals surface area contributed by atoms with Crippen LogP contribution >= 0.6 is 11.6 Å². The van der Waals surface area contributed by atoms with E-state index >= 15 is 0 Å². The number of anilines is 1. The summed E-state index contributed by atoms with van der Waals surface area (Å²) in [5.74, 6) is 0.954. The highest BCUT2D eigenvalue weighted by molar-refractivity contribution is 6.30. The van der Waals surface area contributed by atoms with Crippen LogP contribution in [0.2, 0.25) is 5.02 Å². The van der Waals surface area contributed by atoms with E-state index in [4.69, 9.17) is 16.6 Å². The average Bonchev–Trinajstić information content (AvgIpc) is 3.00. The third-order valence-electron chi connectivity index (χ3n) is 4.33. The third-order valence-corrected chi connectivity index (χ3v) is 4.58. The smallest absolute Gasteiger partial charge is 0.319 e. The maximum atomic E-state index is 12.6. The Morgan fingerprint density at radius 2 is 1.81 bits per heavy atom. The van der Waals surface area contributed by atoms with E-state index in [9.17, 15) is 4.79 Å². The molecule has 3 rings (SSSR count). The monoisotopic (exact) mass is 385 g/mol. The van der Waals surface area contributed by atoms with Crippen LogP contribution in [-0.2, 0) is 0 Å². The fraction of sp³-hybridized carbons (Fsp3) is 0.350. The number of benzene rings is 1. The van der Waals surface area contributed by atoms with Crippen molar-refractivity contribution in [2.75, 3.05) is 5.32 Å². The van der Waals surface area contributed by atoms with Crippen LogP contribution in [0, 0.1) is 5.92 Å². The van der Waals surface area contributed by atoms with Crippen molar-refractivity contribution < 1.29 is 4.79 Å². The van der Waals surface area contributed by atoms with E-state index in [0.717, 1.165) is 17.0 Å². The number of hydrogen-bond acceptors (Lipinski definition) is 3. The van der Waals surface area contributed by atoms with Crippen LogP contribution in [0.4, 0.5) is 10.5 Å². The zero-order valence-corrected chi connectivity index (χ0v) is 16.7. The van der Waals surface area contributed by atoms with E-state index in [0.29, 0.717) is 10.7 Å². The SMILES string of the molecule is CC(C)[C@H](NC(=O)Nc1ccc(Cl)cc1)c1nc2cccnc2n1C(C)C. The van der Waals surface area contributed by atoms with Gasteiger partial charge < -0.3 is 15.2 Å². The minimum atomic E-state index is -0.286. The summed E-state index contributed by atoms with van der Waals surface area (Å²) in [7, 11) is 0. The topological polar surface area (TPSA) is 71.8 Å². The number of nitrogens with one attached hydrogen (secondary N) is 2. The lowest BCUT2D eigenvalue weighted by Crippen LogP contribution is -2.36. The molecule has 27 heavy (non-hydrogen) atoms. The number of urea groups is 1. The van der Waals surface area contributed by atoms with Gasteiger partial charge in [0, 0.05) is 22.9 Å². The maximum absolute atomic E-state index is 12.6. The highest BCUT2D eigenvalue weighted by Gasteiger charge is 2.26. The molecule has 2 amide bonds. The van der Waals surface area contributed by atoms with Gasteiger partial charge in [-0.2, -0.15) is 0 Å². The molecule has 0 saturated heterocycles. The summed E-state index contributed by atoms with van der Waals surface area (Å²) in [6, 6.07) is 10.4. The highest BCUT2D eigenvalue weighted by atomic mass is 35.5. The number of pyridine rings is 1. The number of aromatic nitrogens is 3. The third kappa shape index (κ3) is 4.22. The number of amides is 2. The van der Waals surface area contributed by atoms with Crippen molar-refractivity contribution in [1.82, 2.24) is 19.9 Å². The summed E-state index contributed by atoms with van der Waals surface area (Å²) < 4.78 is 2.09. The molecule has 2 N–H and O–H groups in total. The van der Waals surface area contributed by atoms with Crippen LogP contribution in [0.1, 0.15) is 45.6 Å². The van der Waals surface area contributed by atoms with Crippen molar-refractivity contribution in [2.24, 2.45) is 5.92 Å². The number of carbonyl (C=O) groups excluding carboxylic acids is 1. The molecule has 1 aromatic carbocycles. The molecule has 2 aromatic heterocycles. The fourth-order valence-corrected chi connectivity index (χ4v) is 3.17. The maximum Gasteiger partial charge on any atom is 0.319 e. The van der Waals surface area contributed by atoms with Crippen LogP contribution in [-0.4, -0.2) is 20.6 Å². The van der Waals surface area contributed by atoms with Gasteiger partial charge in [-0.1, -0.05) is 25.4 Å². The van der Waals surface area contributed by atoms with Gasteiger partial charge in [0.05, 0.1) is 6.04 Å². The molecule has 0 spiro atoms. The lowest BCUT2D eigenvalue weighted by Gasteiger charge is -2.24. The van der Waals surface area contributed by atoms with Gasteiger partial charge in [0.25, 0.3) is 0 Å². The zero-order chi connectivity index (χ0) is 19.6. The fourth-order valence-electron chi connectivity index (χ4n) is 3.05. The predicted octanol–water partition coefficient (Wildman–Crippen LogP) is 5.18. The van der Waals surface area contributed by atoms with Gasteiger partial charge >= 0.3 is 6.03 Å². The van der Waals surface area contributed by atoms with E-state index in [-0.39, 0.29) is 24.0 Å². The van der Waals surface area contributed by atoms with Crippen molar-refractivity contribution in [3.05, 3.63) is 53.4 Å². The predicted molar refractivity (Wildman–Crippen MR) is 109 cm³/mol. The molecule has 6 nitrogen and oxygen atoms in total. The Balaban J connectivity index is 1.89. The first kappa shape index (κ1) is 19.2. The van der Waals surface area contributed by atoms with E-state index in [1.54, 1.807) is 30.5 Å².